The Morgan fingerprint density at radius 1 is 0.846 bits per heavy atom. The highest BCUT2D eigenvalue weighted by Crippen LogP contribution is 2.24. The third-order valence-corrected chi connectivity index (χ3v) is 5.55. The summed E-state index contributed by atoms with van der Waals surface area (Å²) in [6.45, 7) is 0. The zero-order valence-electron chi connectivity index (χ0n) is 14.4. The Kier molecular flexibility index (Phi) is 5.44. The number of allylic oxidation sites excluding steroid dienone is 1. The molecule has 130 valence electrons. The zero-order chi connectivity index (χ0) is 18.4. The van der Waals surface area contributed by atoms with E-state index < -0.39 is 9.73 Å². The van der Waals surface area contributed by atoms with Crippen LogP contribution in [0, 0.1) is 0 Å². The lowest BCUT2D eigenvalue weighted by molar-refractivity contribution is 0.104. The monoisotopic (exact) mass is 361 g/mol. The standard InChI is InChI=1S/C22H19NO2S/c1-26(25,20-13-6-3-7-14-20)23-21-15-9-8-10-18(21)16-17-22(24)19-11-4-2-5-12-19/h2-17H,1H3/b17-16+/t26-/m0/s1. The molecule has 0 amide bonds. The number of nitrogens with zero attached hydrogens (tertiary/aromatic N) is 1. The number of benzene rings is 3. The first-order valence-electron chi connectivity index (χ1n) is 8.20. The van der Waals surface area contributed by atoms with Gasteiger partial charge >= 0.3 is 0 Å². The van der Waals surface area contributed by atoms with Crippen molar-refractivity contribution in [3.8, 4) is 0 Å². The van der Waals surface area contributed by atoms with Crippen LogP contribution in [0.1, 0.15) is 15.9 Å². The highest BCUT2D eigenvalue weighted by atomic mass is 32.2. The molecule has 0 radical (unpaired) electrons. The molecular weight excluding hydrogens is 342 g/mol. The molecule has 0 aromatic heterocycles. The second kappa shape index (κ2) is 7.93. The summed E-state index contributed by atoms with van der Waals surface area (Å²) in [6.07, 6.45) is 4.86. The lowest BCUT2D eigenvalue weighted by atomic mass is 10.1. The Morgan fingerprint density at radius 2 is 1.42 bits per heavy atom. The summed E-state index contributed by atoms with van der Waals surface area (Å²) in [6, 6.07) is 25.6. The fourth-order valence-electron chi connectivity index (χ4n) is 2.49. The van der Waals surface area contributed by atoms with Crippen LogP contribution in [-0.4, -0.2) is 16.2 Å². The molecule has 0 aliphatic carbocycles. The molecule has 1 atom stereocenters. The third-order valence-electron chi connectivity index (χ3n) is 3.86. The van der Waals surface area contributed by atoms with Gasteiger partial charge in [0.1, 0.15) is 0 Å². The zero-order valence-corrected chi connectivity index (χ0v) is 15.2. The van der Waals surface area contributed by atoms with Crippen LogP contribution in [0.15, 0.2) is 100 Å². The molecule has 4 heteroatoms. The molecule has 0 fully saturated rings. The van der Waals surface area contributed by atoms with Crippen LogP contribution in [0.4, 0.5) is 5.69 Å². The predicted molar refractivity (Wildman–Crippen MR) is 107 cm³/mol. The lowest BCUT2D eigenvalue weighted by Gasteiger charge is -2.06. The minimum Gasteiger partial charge on any atom is -0.289 e. The van der Waals surface area contributed by atoms with Crippen LogP contribution >= 0.6 is 0 Å². The van der Waals surface area contributed by atoms with Gasteiger partial charge in [-0.1, -0.05) is 66.7 Å². The molecule has 0 aliphatic rings. The van der Waals surface area contributed by atoms with E-state index in [-0.39, 0.29) is 5.78 Å². The summed E-state index contributed by atoms with van der Waals surface area (Å²) >= 11 is 0. The van der Waals surface area contributed by atoms with E-state index in [2.05, 4.69) is 4.36 Å². The molecule has 0 N–H and O–H groups in total. The van der Waals surface area contributed by atoms with Crippen molar-refractivity contribution < 1.29 is 9.00 Å². The van der Waals surface area contributed by atoms with Gasteiger partial charge in [0.2, 0.25) is 0 Å². The SMILES string of the molecule is C[S@@](=O)(=Nc1ccccc1/C=C/C(=O)c1ccccc1)c1ccccc1. The number of hydrogen-bond donors (Lipinski definition) is 0. The summed E-state index contributed by atoms with van der Waals surface area (Å²) in [5.41, 5.74) is 1.98. The van der Waals surface area contributed by atoms with Crippen molar-refractivity contribution in [3.05, 3.63) is 102 Å². The van der Waals surface area contributed by atoms with Gasteiger partial charge in [0.15, 0.2) is 5.78 Å². The Morgan fingerprint density at radius 3 is 2.12 bits per heavy atom. The van der Waals surface area contributed by atoms with Gasteiger partial charge < -0.3 is 0 Å². The van der Waals surface area contributed by atoms with Gasteiger partial charge in [-0.2, -0.15) is 4.36 Å². The molecule has 0 saturated carbocycles. The van der Waals surface area contributed by atoms with E-state index in [4.69, 9.17) is 0 Å². The van der Waals surface area contributed by atoms with Crippen molar-refractivity contribution in [2.24, 2.45) is 4.36 Å². The van der Waals surface area contributed by atoms with Crippen molar-refractivity contribution in [1.29, 1.82) is 0 Å². The second-order valence-electron chi connectivity index (χ2n) is 5.83. The molecule has 0 unspecified atom stereocenters. The van der Waals surface area contributed by atoms with E-state index in [9.17, 15) is 9.00 Å². The maximum absolute atomic E-state index is 13.0. The van der Waals surface area contributed by atoms with Crippen molar-refractivity contribution in [1.82, 2.24) is 0 Å². The van der Waals surface area contributed by atoms with Gasteiger partial charge in [-0.15, -0.1) is 0 Å². The molecule has 3 nitrogen and oxygen atoms in total. The molecule has 3 aromatic carbocycles. The molecule has 26 heavy (non-hydrogen) atoms. The Bertz CT molecular complexity index is 1050. The highest BCUT2D eigenvalue weighted by molar-refractivity contribution is 7.93. The molecule has 0 bridgehead atoms. The molecule has 0 aliphatic heterocycles. The predicted octanol–water partition coefficient (Wildman–Crippen LogP) is 5.37. The number of rotatable bonds is 5. The molecule has 0 spiro atoms. The third kappa shape index (κ3) is 4.35. The lowest BCUT2D eigenvalue weighted by Crippen LogP contribution is -1.96. The summed E-state index contributed by atoms with van der Waals surface area (Å²) in [5, 5.41) is 0. The van der Waals surface area contributed by atoms with Gasteiger partial charge in [-0.25, -0.2) is 4.21 Å². The summed E-state index contributed by atoms with van der Waals surface area (Å²) in [5.74, 6) is -0.0827. The van der Waals surface area contributed by atoms with E-state index in [1.165, 1.54) is 6.08 Å². The van der Waals surface area contributed by atoms with Gasteiger partial charge in [0.05, 0.1) is 15.4 Å². The molecule has 3 aromatic rings. The maximum Gasteiger partial charge on any atom is 0.185 e. The highest BCUT2D eigenvalue weighted by Gasteiger charge is 2.07. The van der Waals surface area contributed by atoms with Gasteiger partial charge in [0, 0.05) is 22.3 Å². The number of carbonyl (C=O) groups is 1. The van der Waals surface area contributed by atoms with Crippen LogP contribution < -0.4 is 0 Å². The van der Waals surface area contributed by atoms with Crippen LogP contribution in [0.5, 0.6) is 0 Å². The summed E-state index contributed by atoms with van der Waals surface area (Å²) in [4.78, 5) is 12.9. The average Bonchev–Trinajstić information content (AvgIpc) is 2.68. The number of ketones is 1. The smallest absolute Gasteiger partial charge is 0.185 e. The van der Waals surface area contributed by atoms with Gasteiger partial charge in [-0.05, 0) is 30.4 Å². The van der Waals surface area contributed by atoms with Crippen LogP contribution in [0.25, 0.3) is 6.08 Å². The molecule has 0 heterocycles. The normalized spacial score (nSPS) is 13.3. The first-order chi connectivity index (χ1) is 12.6. The Hall–Kier alpha value is -2.98. The van der Waals surface area contributed by atoms with Gasteiger partial charge in [-0.3, -0.25) is 4.79 Å². The molecule has 0 saturated heterocycles. The van der Waals surface area contributed by atoms with Crippen LogP contribution in [-0.2, 0) is 9.73 Å². The van der Waals surface area contributed by atoms with Crippen molar-refractivity contribution in [2.45, 2.75) is 4.90 Å². The quantitative estimate of drug-likeness (QED) is 0.453. The fourth-order valence-corrected chi connectivity index (χ4v) is 3.80. The van der Waals surface area contributed by atoms with Crippen molar-refractivity contribution in [3.63, 3.8) is 0 Å². The van der Waals surface area contributed by atoms with Crippen molar-refractivity contribution in [2.75, 3.05) is 6.26 Å². The summed E-state index contributed by atoms with van der Waals surface area (Å²) < 4.78 is 17.5. The summed E-state index contributed by atoms with van der Waals surface area (Å²) in [7, 11) is -2.57. The maximum atomic E-state index is 13.0. The molecular formula is C22H19NO2S. The first kappa shape index (κ1) is 17.8. The van der Waals surface area contributed by atoms with Crippen LogP contribution in [0.3, 0.4) is 0 Å². The van der Waals surface area contributed by atoms with Gasteiger partial charge in [0.25, 0.3) is 0 Å². The van der Waals surface area contributed by atoms with E-state index in [1.807, 2.05) is 66.7 Å². The number of carbonyl (C=O) groups excluding carboxylic acids is 1. The minimum atomic E-state index is -2.57. The average molecular weight is 361 g/mol. The first-order valence-corrected chi connectivity index (χ1v) is 10.1. The molecule has 3 rings (SSSR count). The Balaban J connectivity index is 1.94. The number of hydrogen-bond acceptors (Lipinski definition) is 3. The largest absolute Gasteiger partial charge is 0.289 e. The van der Waals surface area contributed by atoms with E-state index in [0.717, 1.165) is 5.56 Å². The second-order valence-corrected chi connectivity index (χ2v) is 8.09. The Labute approximate surface area is 154 Å². The minimum absolute atomic E-state index is 0.0827. The van der Waals surface area contributed by atoms with E-state index in [0.29, 0.717) is 16.1 Å². The topological polar surface area (TPSA) is 46.5 Å². The fraction of sp³-hybridized carbons (Fsp3) is 0.0455. The van der Waals surface area contributed by atoms with Crippen LogP contribution in [0.2, 0.25) is 0 Å². The van der Waals surface area contributed by atoms with E-state index >= 15 is 0 Å². The van der Waals surface area contributed by atoms with Crippen molar-refractivity contribution >= 4 is 27.3 Å². The van der Waals surface area contributed by atoms with E-state index in [1.54, 1.807) is 30.5 Å².